The molecule has 0 unspecified atom stereocenters. The minimum Gasteiger partial charge on any atom is -0.341 e. The van der Waals surface area contributed by atoms with Crippen LogP contribution in [0.3, 0.4) is 0 Å². The molecule has 1 aromatic heterocycles. The summed E-state index contributed by atoms with van der Waals surface area (Å²) in [5.41, 5.74) is 0.499. The molecule has 3 aromatic rings. The molecular weight excluding hydrogens is 435 g/mol. The number of halogens is 1. The standard InChI is InChI=1S/C22H23FN4O4S/c23-17-6-8-18(9-7-17)32(30,31)26-12-3-11-25(14-15-26)22(29)10-13-27-20-5-2-1-4-19(20)21(28)16-24-27/h1-2,4-9,16H,3,10-15H2. The molecule has 0 radical (unpaired) electrons. The molecule has 4 rings (SSSR count). The number of para-hydroxylation sites is 1. The van der Waals surface area contributed by atoms with Crippen molar-refractivity contribution in [2.75, 3.05) is 26.2 Å². The average molecular weight is 459 g/mol. The van der Waals surface area contributed by atoms with E-state index in [2.05, 4.69) is 5.10 Å². The van der Waals surface area contributed by atoms with Gasteiger partial charge in [-0.3, -0.25) is 14.3 Å². The molecule has 2 aromatic carbocycles. The van der Waals surface area contributed by atoms with Gasteiger partial charge in [-0.25, -0.2) is 12.8 Å². The predicted octanol–water partition coefficient (Wildman–Crippen LogP) is 1.85. The Balaban J connectivity index is 1.41. The van der Waals surface area contributed by atoms with Gasteiger partial charge in [-0.2, -0.15) is 9.40 Å². The zero-order chi connectivity index (χ0) is 22.7. The third kappa shape index (κ3) is 4.56. The molecule has 0 saturated carbocycles. The normalized spacial score (nSPS) is 15.6. The summed E-state index contributed by atoms with van der Waals surface area (Å²) < 4.78 is 41.8. The Hall–Kier alpha value is -3.11. The largest absolute Gasteiger partial charge is 0.341 e. The van der Waals surface area contributed by atoms with E-state index < -0.39 is 15.8 Å². The lowest BCUT2D eigenvalue weighted by molar-refractivity contribution is -0.131. The number of nitrogens with zero attached hydrogens (tertiary/aromatic N) is 4. The van der Waals surface area contributed by atoms with Gasteiger partial charge in [-0.15, -0.1) is 0 Å². The van der Waals surface area contributed by atoms with Crippen molar-refractivity contribution >= 4 is 26.8 Å². The molecule has 10 heteroatoms. The number of amides is 1. The van der Waals surface area contributed by atoms with Crippen molar-refractivity contribution in [1.29, 1.82) is 0 Å². The Kier molecular flexibility index (Phi) is 6.33. The summed E-state index contributed by atoms with van der Waals surface area (Å²) in [6, 6.07) is 11.8. The summed E-state index contributed by atoms with van der Waals surface area (Å²) in [5, 5.41) is 4.69. The first-order valence-corrected chi connectivity index (χ1v) is 11.8. The summed E-state index contributed by atoms with van der Waals surface area (Å²) in [5.74, 6) is -0.600. The lowest BCUT2D eigenvalue weighted by Crippen LogP contribution is -2.37. The maximum atomic E-state index is 13.1. The number of rotatable bonds is 5. The van der Waals surface area contributed by atoms with E-state index >= 15 is 0 Å². The van der Waals surface area contributed by atoms with Crippen LogP contribution in [0, 0.1) is 5.82 Å². The first kappa shape index (κ1) is 22.1. The predicted molar refractivity (Wildman–Crippen MR) is 117 cm³/mol. The number of carbonyl (C=O) groups is 1. The van der Waals surface area contributed by atoms with Crippen molar-refractivity contribution in [3.63, 3.8) is 0 Å². The number of fused-ring (bicyclic) bond motifs is 1. The Labute approximate surface area is 184 Å². The lowest BCUT2D eigenvalue weighted by Gasteiger charge is -2.22. The molecule has 0 bridgehead atoms. The molecule has 0 spiro atoms. The SMILES string of the molecule is O=C(CCn1ncc(=O)c2ccccc21)N1CCCN(S(=O)(=O)c2ccc(F)cc2)CC1. The maximum absolute atomic E-state index is 13.1. The zero-order valence-corrected chi connectivity index (χ0v) is 18.2. The molecule has 2 heterocycles. The van der Waals surface area contributed by atoms with E-state index in [1.54, 1.807) is 27.8 Å². The van der Waals surface area contributed by atoms with Crippen molar-refractivity contribution in [2.45, 2.75) is 24.3 Å². The van der Waals surface area contributed by atoms with E-state index in [0.717, 1.165) is 12.1 Å². The summed E-state index contributed by atoms with van der Waals surface area (Å²) in [6.45, 7) is 1.50. The van der Waals surface area contributed by atoms with Gasteiger partial charge in [-0.05, 0) is 42.8 Å². The van der Waals surface area contributed by atoms with Crippen LogP contribution in [0.4, 0.5) is 4.39 Å². The molecule has 1 fully saturated rings. The monoisotopic (exact) mass is 458 g/mol. The van der Waals surface area contributed by atoms with Gasteiger partial charge in [-0.1, -0.05) is 12.1 Å². The molecule has 1 saturated heterocycles. The van der Waals surface area contributed by atoms with E-state index in [4.69, 9.17) is 0 Å². The Bertz CT molecular complexity index is 1290. The van der Waals surface area contributed by atoms with E-state index in [1.165, 1.54) is 22.6 Å². The smallest absolute Gasteiger partial charge is 0.243 e. The number of benzene rings is 2. The molecule has 8 nitrogen and oxygen atoms in total. The Morgan fingerprint density at radius 2 is 1.75 bits per heavy atom. The quantitative estimate of drug-likeness (QED) is 0.582. The highest BCUT2D eigenvalue weighted by Gasteiger charge is 2.28. The zero-order valence-electron chi connectivity index (χ0n) is 17.4. The van der Waals surface area contributed by atoms with Gasteiger partial charge in [0.05, 0.1) is 23.2 Å². The van der Waals surface area contributed by atoms with Crippen molar-refractivity contribution in [3.8, 4) is 0 Å². The summed E-state index contributed by atoms with van der Waals surface area (Å²) in [6.07, 6.45) is 1.94. The molecule has 32 heavy (non-hydrogen) atoms. The maximum Gasteiger partial charge on any atom is 0.243 e. The number of aromatic nitrogens is 2. The number of sulfonamides is 1. The van der Waals surface area contributed by atoms with Crippen molar-refractivity contribution < 1.29 is 17.6 Å². The third-order valence-corrected chi connectivity index (χ3v) is 7.47. The number of aryl methyl sites for hydroxylation is 1. The summed E-state index contributed by atoms with van der Waals surface area (Å²) in [4.78, 5) is 26.5. The van der Waals surface area contributed by atoms with Crippen LogP contribution < -0.4 is 5.43 Å². The highest BCUT2D eigenvalue weighted by atomic mass is 32.2. The van der Waals surface area contributed by atoms with E-state index in [1.807, 2.05) is 6.07 Å². The number of hydrogen-bond donors (Lipinski definition) is 0. The molecule has 168 valence electrons. The summed E-state index contributed by atoms with van der Waals surface area (Å²) >= 11 is 0. The second-order valence-electron chi connectivity index (χ2n) is 7.59. The van der Waals surface area contributed by atoms with Crippen LogP contribution >= 0.6 is 0 Å². The second-order valence-corrected chi connectivity index (χ2v) is 9.53. The van der Waals surface area contributed by atoms with Crippen LogP contribution in [0.15, 0.2) is 64.4 Å². The van der Waals surface area contributed by atoms with Gasteiger partial charge in [0.1, 0.15) is 5.82 Å². The number of carbonyl (C=O) groups excluding carboxylic acids is 1. The first-order valence-electron chi connectivity index (χ1n) is 10.3. The van der Waals surface area contributed by atoms with Crippen molar-refractivity contribution in [3.05, 3.63) is 70.8 Å². The number of hydrogen-bond acceptors (Lipinski definition) is 5. The van der Waals surface area contributed by atoms with Crippen LogP contribution in [-0.4, -0.2) is 59.5 Å². The van der Waals surface area contributed by atoms with Crippen LogP contribution in [0.2, 0.25) is 0 Å². The van der Waals surface area contributed by atoms with Gasteiger partial charge >= 0.3 is 0 Å². The molecule has 0 atom stereocenters. The van der Waals surface area contributed by atoms with Gasteiger partial charge in [0.25, 0.3) is 0 Å². The molecule has 0 N–H and O–H groups in total. The van der Waals surface area contributed by atoms with Gasteiger partial charge < -0.3 is 4.90 Å². The van der Waals surface area contributed by atoms with Crippen LogP contribution in [0.5, 0.6) is 0 Å². The molecule has 1 aliphatic rings. The topological polar surface area (TPSA) is 92.6 Å². The van der Waals surface area contributed by atoms with Crippen LogP contribution in [0.25, 0.3) is 10.9 Å². The van der Waals surface area contributed by atoms with Gasteiger partial charge in [0, 0.05) is 38.0 Å². The summed E-state index contributed by atoms with van der Waals surface area (Å²) in [7, 11) is -3.75. The van der Waals surface area contributed by atoms with Crippen LogP contribution in [-0.2, 0) is 21.4 Å². The highest BCUT2D eigenvalue weighted by Crippen LogP contribution is 2.18. The third-order valence-electron chi connectivity index (χ3n) is 5.56. The van der Waals surface area contributed by atoms with Crippen molar-refractivity contribution in [2.24, 2.45) is 0 Å². The Morgan fingerprint density at radius 3 is 2.53 bits per heavy atom. The fraction of sp³-hybridized carbons (Fsp3) is 0.318. The molecule has 1 amide bonds. The second kappa shape index (κ2) is 9.17. The lowest BCUT2D eigenvalue weighted by atomic mass is 10.2. The highest BCUT2D eigenvalue weighted by molar-refractivity contribution is 7.89. The minimum absolute atomic E-state index is 0.0369. The van der Waals surface area contributed by atoms with Crippen LogP contribution in [0.1, 0.15) is 12.8 Å². The van der Waals surface area contributed by atoms with E-state index in [-0.39, 0.29) is 42.3 Å². The van der Waals surface area contributed by atoms with Gasteiger partial charge in [0.2, 0.25) is 21.4 Å². The molecular formula is C22H23FN4O4S. The minimum atomic E-state index is -3.75. The fourth-order valence-corrected chi connectivity index (χ4v) is 5.31. The van der Waals surface area contributed by atoms with Crippen molar-refractivity contribution in [1.82, 2.24) is 19.0 Å². The van der Waals surface area contributed by atoms with E-state index in [9.17, 15) is 22.4 Å². The van der Waals surface area contributed by atoms with E-state index in [0.29, 0.717) is 30.4 Å². The first-order chi connectivity index (χ1) is 15.4. The molecule has 0 aliphatic carbocycles. The average Bonchev–Trinajstić information content (AvgIpc) is 3.06. The van der Waals surface area contributed by atoms with Gasteiger partial charge in [0.15, 0.2) is 0 Å². The Morgan fingerprint density at radius 1 is 1.00 bits per heavy atom. The molecule has 1 aliphatic heterocycles. The fourth-order valence-electron chi connectivity index (χ4n) is 3.84.